The van der Waals surface area contributed by atoms with Crippen LogP contribution in [-0.4, -0.2) is 41.9 Å². The molecule has 0 aromatic carbocycles. The maximum absolute atomic E-state index is 11.9. The van der Waals surface area contributed by atoms with Crippen molar-refractivity contribution in [1.29, 1.82) is 0 Å². The van der Waals surface area contributed by atoms with Crippen LogP contribution in [0.2, 0.25) is 0 Å². The summed E-state index contributed by atoms with van der Waals surface area (Å²) in [6, 6.07) is -1.01. The highest BCUT2D eigenvalue weighted by Crippen LogP contribution is 2.13. The highest BCUT2D eigenvalue weighted by molar-refractivity contribution is 6.06. The predicted molar refractivity (Wildman–Crippen MR) is 66.7 cm³/mol. The maximum Gasteiger partial charge on any atom is 0.325 e. The van der Waals surface area contributed by atoms with Gasteiger partial charge >= 0.3 is 6.03 Å². The van der Waals surface area contributed by atoms with Crippen LogP contribution in [0.5, 0.6) is 0 Å². The largest absolute Gasteiger partial charge is 0.351 e. The summed E-state index contributed by atoms with van der Waals surface area (Å²) in [5.74, 6) is -0.403. The third-order valence-corrected chi connectivity index (χ3v) is 2.56. The lowest BCUT2D eigenvalue weighted by molar-refractivity contribution is -0.132. The number of urea groups is 1. The molecule has 4 amide bonds. The van der Waals surface area contributed by atoms with Gasteiger partial charge in [-0.05, 0) is 12.3 Å². The van der Waals surface area contributed by atoms with Crippen molar-refractivity contribution < 1.29 is 14.4 Å². The molecule has 1 aliphatic rings. The van der Waals surface area contributed by atoms with Gasteiger partial charge in [0.2, 0.25) is 5.91 Å². The van der Waals surface area contributed by atoms with Gasteiger partial charge in [-0.3, -0.25) is 14.5 Å². The highest BCUT2D eigenvalue weighted by Gasteiger charge is 2.38. The number of nitrogens with zero attached hydrogens (tertiary/aromatic N) is 1. The third-order valence-electron chi connectivity index (χ3n) is 2.56. The van der Waals surface area contributed by atoms with Gasteiger partial charge < -0.3 is 10.6 Å². The predicted octanol–water partition coefficient (Wildman–Crippen LogP) is 0.255. The van der Waals surface area contributed by atoms with Gasteiger partial charge in [0.25, 0.3) is 5.91 Å². The van der Waals surface area contributed by atoms with E-state index in [1.807, 2.05) is 13.8 Å². The minimum absolute atomic E-state index is 0.243. The highest BCUT2D eigenvalue weighted by atomic mass is 16.2. The van der Waals surface area contributed by atoms with E-state index in [0.717, 1.165) is 4.90 Å². The van der Waals surface area contributed by atoms with E-state index in [1.165, 1.54) is 6.08 Å². The summed E-state index contributed by atoms with van der Waals surface area (Å²) in [7, 11) is 0. The van der Waals surface area contributed by atoms with Crippen LogP contribution in [0.15, 0.2) is 12.7 Å². The van der Waals surface area contributed by atoms with E-state index >= 15 is 0 Å². The molecule has 0 saturated carbocycles. The first-order chi connectivity index (χ1) is 8.45. The molecular formula is C12H19N3O3. The van der Waals surface area contributed by atoms with Crippen LogP contribution in [0.4, 0.5) is 4.79 Å². The van der Waals surface area contributed by atoms with Crippen LogP contribution >= 0.6 is 0 Å². The smallest absolute Gasteiger partial charge is 0.325 e. The standard InChI is InChI=1S/C12H19N3O3/c1-4-5-13-10(16)7-15-11(17)9(6-8(2)3)14-12(15)18/h4,8-9H,1,5-7H2,2-3H3,(H,13,16)(H,14,18)/t9-/m0/s1. The van der Waals surface area contributed by atoms with Gasteiger partial charge in [-0.1, -0.05) is 19.9 Å². The van der Waals surface area contributed by atoms with Crippen LogP contribution < -0.4 is 10.6 Å². The Hall–Kier alpha value is -1.85. The number of carbonyl (C=O) groups is 3. The zero-order valence-electron chi connectivity index (χ0n) is 10.7. The molecule has 0 spiro atoms. The molecule has 6 nitrogen and oxygen atoms in total. The molecule has 2 N–H and O–H groups in total. The Balaban J connectivity index is 2.56. The molecule has 1 atom stereocenters. The first kappa shape index (κ1) is 14.2. The van der Waals surface area contributed by atoms with Crippen LogP contribution in [0, 0.1) is 5.92 Å². The van der Waals surface area contributed by atoms with Gasteiger partial charge in [0.15, 0.2) is 0 Å². The maximum atomic E-state index is 11.9. The number of imide groups is 1. The van der Waals surface area contributed by atoms with Crippen molar-refractivity contribution in [2.45, 2.75) is 26.3 Å². The van der Waals surface area contributed by atoms with Crippen molar-refractivity contribution in [2.75, 3.05) is 13.1 Å². The van der Waals surface area contributed by atoms with Gasteiger partial charge in [0.05, 0.1) is 0 Å². The fourth-order valence-corrected chi connectivity index (χ4v) is 1.74. The van der Waals surface area contributed by atoms with Crippen LogP contribution in [0.25, 0.3) is 0 Å². The number of rotatable bonds is 6. The van der Waals surface area contributed by atoms with Gasteiger partial charge in [-0.25, -0.2) is 4.79 Å². The topological polar surface area (TPSA) is 78.5 Å². The Kier molecular flexibility index (Phi) is 4.88. The van der Waals surface area contributed by atoms with E-state index in [9.17, 15) is 14.4 Å². The molecule has 18 heavy (non-hydrogen) atoms. The number of nitrogens with one attached hydrogen (secondary N) is 2. The summed E-state index contributed by atoms with van der Waals surface area (Å²) in [5.41, 5.74) is 0. The second kappa shape index (κ2) is 6.18. The van der Waals surface area contributed by atoms with Crippen LogP contribution in [-0.2, 0) is 9.59 Å². The molecule has 1 heterocycles. The molecule has 0 radical (unpaired) electrons. The first-order valence-corrected chi connectivity index (χ1v) is 5.95. The lowest BCUT2D eigenvalue weighted by Crippen LogP contribution is -2.41. The number of hydrogen-bond donors (Lipinski definition) is 2. The summed E-state index contributed by atoms with van der Waals surface area (Å²) < 4.78 is 0. The minimum Gasteiger partial charge on any atom is -0.351 e. The van der Waals surface area contributed by atoms with E-state index in [2.05, 4.69) is 17.2 Å². The van der Waals surface area contributed by atoms with Crippen LogP contribution in [0.3, 0.4) is 0 Å². The zero-order valence-corrected chi connectivity index (χ0v) is 10.7. The summed E-state index contributed by atoms with van der Waals surface area (Å²) in [6.07, 6.45) is 2.11. The average molecular weight is 253 g/mol. The molecule has 0 aromatic rings. The molecule has 1 rings (SSSR count). The van der Waals surface area contributed by atoms with Crippen molar-refractivity contribution in [2.24, 2.45) is 5.92 Å². The normalized spacial score (nSPS) is 19.1. The van der Waals surface area contributed by atoms with Crippen LogP contribution in [0.1, 0.15) is 20.3 Å². The summed E-state index contributed by atoms with van der Waals surface area (Å²) in [5, 5.41) is 5.11. The SMILES string of the molecule is C=CCNC(=O)CN1C(=O)N[C@@H](CC(C)C)C1=O. The second-order valence-electron chi connectivity index (χ2n) is 4.65. The van der Waals surface area contributed by atoms with Crippen molar-refractivity contribution >= 4 is 17.8 Å². The summed E-state index contributed by atoms with van der Waals surface area (Å²) in [6.45, 7) is 7.48. The first-order valence-electron chi connectivity index (χ1n) is 5.95. The Morgan fingerprint density at radius 1 is 1.56 bits per heavy atom. The molecule has 1 fully saturated rings. The fourth-order valence-electron chi connectivity index (χ4n) is 1.74. The molecule has 0 aromatic heterocycles. The van der Waals surface area contributed by atoms with E-state index in [-0.39, 0.29) is 18.4 Å². The van der Waals surface area contributed by atoms with E-state index in [0.29, 0.717) is 18.9 Å². The molecule has 0 unspecified atom stereocenters. The van der Waals surface area contributed by atoms with E-state index < -0.39 is 12.1 Å². The average Bonchev–Trinajstić information content (AvgIpc) is 2.53. The second-order valence-corrected chi connectivity index (χ2v) is 4.65. The Morgan fingerprint density at radius 3 is 2.78 bits per heavy atom. The Bertz CT molecular complexity index is 366. The third kappa shape index (κ3) is 3.58. The summed E-state index contributed by atoms with van der Waals surface area (Å²) in [4.78, 5) is 35.9. The quantitative estimate of drug-likeness (QED) is 0.526. The van der Waals surface area contributed by atoms with Crippen molar-refractivity contribution in [3.8, 4) is 0 Å². The Morgan fingerprint density at radius 2 is 2.22 bits per heavy atom. The Labute approximate surface area is 106 Å². The van der Waals surface area contributed by atoms with Crippen molar-refractivity contribution in [3.05, 3.63) is 12.7 Å². The molecule has 100 valence electrons. The fraction of sp³-hybridized carbons (Fsp3) is 0.583. The zero-order chi connectivity index (χ0) is 13.7. The van der Waals surface area contributed by atoms with E-state index in [1.54, 1.807) is 0 Å². The van der Waals surface area contributed by atoms with Gasteiger partial charge in [0, 0.05) is 6.54 Å². The van der Waals surface area contributed by atoms with Crippen molar-refractivity contribution in [3.63, 3.8) is 0 Å². The van der Waals surface area contributed by atoms with Gasteiger partial charge in [-0.2, -0.15) is 0 Å². The number of amides is 4. The van der Waals surface area contributed by atoms with E-state index in [4.69, 9.17) is 0 Å². The molecule has 0 bridgehead atoms. The lowest BCUT2D eigenvalue weighted by atomic mass is 10.0. The molecule has 6 heteroatoms. The molecule has 1 saturated heterocycles. The molecule has 0 aliphatic carbocycles. The van der Waals surface area contributed by atoms with Gasteiger partial charge in [-0.15, -0.1) is 6.58 Å². The van der Waals surface area contributed by atoms with Crippen molar-refractivity contribution in [1.82, 2.24) is 15.5 Å². The molecular weight excluding hydrogens is 234 g/mol. The summed E-state index contributed by atoms with van der Waals surface area (Å²) >= 11 is 0. The number of carbonyl (C=O) groups excluding carboxylic acids is 3. The minimum atomic E-state index is -0.510. The van der Waals surface area contributed by atoms with Gasteiger partial charge in [0.1, 0.15) is 12.6 Å². The number of hydrogen-bond acceptors (Lipinski definition) is 3. The lowest BCUT2D eigenvalue weighted by Gasteiger charge is -2.13. The monoisotopic (exact) mass is 253 g/mol. The molecule has 1 aliphatic heterocycles.